The van der Waals surface area contributed by atoms with Gasteiger partial charge in [-0.1, -0.05) is 38.0 Å². The molecular weight excluding hydrogens is 251 g/mol. The predicted molar refractivity (Wildman–Crippen MR) is 66.4 cm³/mol. The molecule has 2 rings (SSSR count). The van der Waals surface area contributed by atoms with Crippen LogP contribution in [0.1, 0.15) is 43.7 Å². The van der Waals surface area contributed by atoms with E-state index < -0.39 is 17.2 Å². The molecule has 19 heavy (non-hydrogen) atoms. The number of hydrogen-bond acceptors (Lipinski definition) is 1. The van der Waals surface area contributed by atoms with Gasteiger partial charge >= 0.3 is 6.18 Å². The molecule has 1 nitrogen and oxygen atoms in total. The Balaban J connectivity index is 2.25. The zero-order valence-corrected chi connectivity index (χ0v) is 10.8. The van der Waals surface area contributed by atoms with Crippen molar-refractivity contribution >= 4 is 0 Å². The fourth-order valence-electron chi connectivity index (χ4n) is 2.92. The van der Waals surface area contributed by atoms with Gasteiger partial charge in [0.25, 0.3) is 0 Å². The molecule has 0 radical (unpaired) electrons. The summed E-state index contributed by atoms with van der Waals surface area (Å²) in [5.74, 6) is 0.471. The monoisotopic (exact) mass is 267 g/mol. The van der Waals surface area contributed by atoms with E-state index in [0.29, 0.717) is 24.3 Å². The Hall–Kier alpha value is -1.50. The molecule has 0 unspecified atom stereocenters. The smallest absolute Gasteiger partial charge is 0.197 e. The summed E-state index contributed by atoms with van der Waals surface area (Å²) in [6.07, 6.45) is -0.895. The molecule has 0 saturated heterocycles. The van der Waals surface area contributed by atoms with Crippen LogP contribution in [0.15, 0.2) is 24.3 Å². The van der Waals surface area contributed by atoms with E-state index in [0.717, 1.165) is 25.0 Å². The van der Waals surface area contributed by atoms with Gasteiger partial charge in [-0.2, -0.15) is 18.4 Å². The summed E-state index contributed by atoms with van der Waals surface area (Å²) < 4.78 is 38.1. The molecule has 0 N–H and O–H groups in total. The SMILES string of the molecule is CCCC1CC(C#N)(c2cccc(C(F)(F)F)c2)C1. The third-order valence-electron chi connectivity index (χ3n) is 3.93. The van der Waals surface area contributed by atoms with Crippen molar-refractivity contribution in [3.8, 4) is 6.07 Å². The normalized spacial score (nSPS) is 26.6. The third kappa shape index (κ3) is 2.60. The molecule has 0 bridgehead atoms. The number of hydrogen-bond donors (Lipinski definition) is 0. The minimum atomic E-state index is -4.35. The second-order valence-electron chi connectivity index (χ2n) is 5.34. The molecule has 1 aromatic carbocycles. The van der Waals surface area contributed by atoms with Crippen LogP contribution < -0.4 is 0 Å². The summed E-state index contributed by atoms with van der Waals surface area (Å²) in [5, 5.41) is 9.34. The number of nitrogens with zero attached hydrogens (tertiary/aromatic N) is 1. The van der Waals surface area contributed by atoms with Crippen LogP contribution in [-0.2, 0) is 11.6 Å². The van der Waals surface area contributed by atoms with E-state index in [1.807, 2.05) is 0 Å². The standard InChI is InChI=1S/C15H16F3N/c1-2-4-11-8-14(9-11,10-19)12-5-3-6-13(7-12)15(16,17)18/h3,5-7,11H,2,4,8-9H2,1H3. The maximum atomic E-state index is 12.7. The maximum Gasteiger partial charge on any atom is 0.416 e. The van der Waals surface area contributed by atoms with E-state index in [9.17, 15) is 18.4 Å². The van der Waals surface area contributed by atoms with E-state index in [-0.39, 0.29) is 0 Å². The fourth-order valence-corrected chi connectivity index (χ4v) is 2.92. The number of rotatable bonds is 3. The zero-order valence-electron chi connectivity index (χ0n) is 10.8. The van der Waals surface area contributed by atoms with Crippen LogP contribution in [0, 0.1) is 17.2 Å². The fraction of sp³-hybridized carbons (Fsp3) is 0.533. The zero-order chi connectivity index (χ0) is 14.1. The number of halogens is 3. The van der Waals surface area contributed by atoms with Crippen molar-refractivity contribution in [1.29, 1.82) is 5.26 Å². The van der Waals surface area contributed by atoms with Crippen molar-refractivity contribution in [1.82, 2.24) is 0 Å². The summed E-state index contributed by atoms with van der Waals surface area (Å²) in [6.45, 7) is 2.08. The molecular formula is C15H16F3N. The van der Waals surface area contributed by atoms with Crippen LogP contribution in [0.4, 0.5) is 13.2 Å². The van der Waals surface area contributed by atoms with Crippen LogP contribution in [-0.4, -0.2) is 0 Å². The van der Waals surface area contributed by atoms with E-state index >= 15 is 0 Å². The van der Waals surface area contributed by atoms with Gasteiger partial charge in [-0.15, -0.1) is 0 Å². The highest BCUT2D eigenvalue weighted by atomic mass is 19.4. The lowest BCUT2D eigenvalue weighted by Crippen LogP contribution is -2.40. The van der Waals surface area contributed by atoms with Crippen molar-refractivity contribution in [2.24, 2.45) is 5.92 Å². The summed E-state index contributed by atoms with van der Waals surface area (Å²) >= 11 is 0. The lowest BCUT2D eigenvalue weighted by molar-refractivity contribution is -0.137. The predicted octanol–water partition coefficient (Wildman–Crippen LogP) is 4.68. The lowest BCUT2D eigenvalue weighted by Gasteiger charge is -2.43. The van der Waals surface area contributed by atoms with Crippen LogP contribution in [0.3, 0.4) is 0 Å². The number of nitriles is 1. The highest BCUT2D eigenvalue weighted by Gasteiger charge is 2.46. The highest BCUT2D eigenvalue weighted by Crippen LogP contribution is 2.49. The lowest BCUT2D eigenvalue weighted by atomic mass is 9.58. The minimum Gasteiger partial charge on any atom is -0.197 e. The topological polar surface area (TPSA) is 23.8 Å². The Morgan fingerprint density at radius 3 is 2.58 bits per heavy atom. The molecule has 1 aliphatic carbocycles. The van der Waals surface area contributed by atoms with Gasteiger partial charge in [-0.25, -0.2) is 0 Å². The molecule has 1 aromatic rings. The first-order valence-corrected chi connectivity index (χ1v) is 6.50. The Kier molecular flexibility index (Phi) is 3.58. The number of benzene rings is 1. The molecule has 1 aliphatic rings. The largest absolute Gasteiger partial charge is 0.416 e. The van der Waals surface area contributed by atoms with Gasteiger partial charge in [0.05, 0.1) is 17.0 Å². The molecule has 1 fully saturated rings. The van der Waals surface area contributed by atoms with Gasteiger partial charge in [0.2, 0.25) is 0 Å². The molecule has 1 saturated carbocycles. The van der Waals surface area contributed by atoms with Gasteiger partial charge in [0.15, 0.2) is 0 Å². The second kappa shape index (κ2) is 4.88. The average Bonchev–Trinajstić information content (AvgIpc) is 2.32. The molecule has 0 spiro atoms. The van der Waals surface area contributed by atoms with Crippen LogP contribution in [0.25, 0.3) is 0 Å². The quantitative estimate of drug-likeness (QED) is 0.780. The summed E-state index contributed by atoms with van der Waals surface area (Å²) in [6, 6.07) is 7.45. The number of alkyl halides is 3. The Morgan fingerprint density at radius 1 is 1.37 bits per heavy atom. The van der Waals surface area contributed by atoms with Gasteiger partial charge < -0.3 is 0 Å². The first-order valence-electron chi connectivity index (χ1n) is 6.50. The summed E-state index contributed by atoms with van der Waals surface area (Å²) in [4.78, 5) is 0. The van der Waals surface area contributed by atoms with Gasteiger partial charge in [0.1, 0.15) is 0 Å². The second-order valence-corrected chi connectivity index (χ2v) is 5.34. The molecule has 4 heteroatoms. The molecule has 0 amide bonds. The van der Waals surface area contributed by atoms with Crippen molar-refractivity contribution in [2.75, 3.05) is 0 Å². The van der Waals surface area contributed by atoms with Crippen molar-refractivity contribution in [3.05, 3.63) is 35.4 Å². The third-order valence-corrected chi connectivity index (χ3v) is 3.93. The summed E-state index contributed by atoms with van der Waals surface area (Å²) in [5.41, 5.74) is -0.864. The Bertz CT molecular complexity index is 493. The molecule has 0 atom stereocenters. The van der Waals surface area contributed by atoms with Crippen LogP contribution in [0.2, 0.25) is 0 Å². The van der Waals surface area contributed by atoms with E-state index in [1.165, 1.54) is 6.07 Å². The van der Waals surface area contributed by atoms with Gasteiger partial charge in [0, 0.05) is 0 Å². The summed E-state index contributed by atoms with van der Waals surface area (Å²) in [7, 11) is 0. The first-order chi connectivity index (χ1) is 8.91. The minimum absolute atomic E-state index is 0.471. The molecule has 0 aromatic heterocycles. The molecule has 0 heterocycles. The maximum absolute atomic E-state index is 12.7. The van der Waals surface area contributed by atoms with E-state index in [4.69, 9.17) is 0 Å². The van der Waals surface area contributed by atoms with E-state index in [1.54, 1.807) is 6.07 Å². The molecule has 0 aliphatic heterocycles. The van der Waals surface area contributed by atoms with Gasteiger partial charge in [-0.3, -0.25) is 0 Å². The molecule has 102 valence electrons. The Labute approximate surface area is 111 Å². The Morgan fingerprint density at radius 2 is 2.05 bits per heavy atom. The van der Waals surface area contributed by atoms with Crippen LogP contribution >= 0.6 is 0 Å². The first kappa shape index (κ1) is 13.9. The van der Waals surface area contributed by atoms with Crippen LogP contribution in [0.5, 0.6) is 0 Å². The average molecular weight is 267 g/mol. The van der Waals surface area contributed by atoms with Crippen molar-refractivity contribution in [2.45, 2.75) is 44.2 Å². The van der Waals surface area contributed by atoms with Crippen molar-refractivity contribution in [3.63, 3.8) is 0 Å². The van der Waals surface area contributed by atoms with E-state index in [2.05, 4.69) is 13.0 Å². The van der Waals surface area contributed by atoms with Crippen molar-refractivity contribution < 1.29 is 13.2 Å². The van der Waals surface area contributed by atoms with Gasteiger partial charge in [-0.05, 0) is 30.4 Å². The highest BCUT2D eigenvalue weighted by molar-refractivity contribution is 5.39.